The first-order valence-corrected chi connectivity index (χ1v) is 7.96. The molecule has 21 heavy (non-hydrogen) atoms. The predicted molar refractivity (Wildman–Crippen MR) is 74.1 cm³/mol. The highest BCUT2D eigenvalue weighted by atomic mass is 32.2. The summed E-state index contributed by atoms with van der Waals surface area (Å²) in [5, 5.41) is 0. The molecule has 1 aromatic rings. The van der Waals surface area contributed by atoms with E-state index in [0.29, 0.717) is 12.5 Å². The van der Waals surface area contributed by atoms with Crippen LogP contribution in [-0.4, -0.2) is 21.0 Å². The van der Waals surface area contributed by atoms with Crippen LogP contribution in [0.3, 0.4) is 0 Å². The first-order chi connectivity index (χ1) is 9.58. The van der Waals surface area contributed by atoms with Gasteiger partial charge < -0.3 is 5.73 Å². The maximum absolute atomic E-state index is 12.6. The van der Waals surface area contributed by atoms with E-state index >= 15 is 0 Å². The van der Waals surface area contributed by atoms with Gasteiger partial charge in [0.15, 0.2) is 0 Å². The molecule has 0 aromatic heterocycles. The number of hydrogen-bond donors (Lipinski definition) is 2. The maximum atomic E-state index is 12.6. The Labute approximate surface area is 122 Å². The van der Waals surface area contributed by atoms with E-state index in [1.165, 1.54) is 0 Å². The van der Waals surface area contributed by atoms with E-state index in [-0.39, 0.29) is 12.5 Å². The second-order valence-corrected chi connectivity index (χ2v) is 6.79. The Morgan fingerprint density at radius 3 is 2.38 bits per heavy atom. The number of nitrogens with two attached hydrogens (primary N) is 1. The summed E-state index contributed by atoms with van der Waals surface area (Å²) in [5.41, 5.74) is 4.43. The molecular formula is C13H19F3N2O2S. The van der Waals surface area contributed by atoms with E-state index in [2.05, 4.69) is 4.72 Å². The summed E-state index contributed by atoms with van der Waals surface area (Å²) in [4.78, 5) is -0.403. The van der Waals surface area contributed by atoms with Crippen molar-refractivity contribution in [3.05, 3.63) is 29.8 Å². The zero-order valence-corrected chi connectivity index (χ0v) is 12.6. The summed E-state index contributed by atoms with van der Waals surface area (Å²) in [7, 11) is -4.02. The van der Waals surface area contributed by atoms with Gasteiger partial charge in [-0.1, -0.05) is 19.9 Å². The molecule has 0 radical (unpaired) electrons. The lowest BCUT2D eigenvalue weighted by molar-refractivity contribution is -0.137. The van der Waals surface area contributed by atoms with E-state index < -0.39 is 32.7 Å². The summed E-state index contributed by atoms with van der Waals surface area (Å²) in [5.74, 6) is -0.0193. The topological polar surface area (TPSA) is 72.2 Å². The highest BCUT2D eigenvalue weighted by Crippen LogP contribution is 2.30. The molecule has 120 valence electrons. The Bertz CT molecular complexity index is 571. The van der Waals surface area contributed by atoms with Crippen LogP contribution in [0.5, 0.6) is 0 Å². The van der Waals surface area contributed by atoms with Crippen molar-refractivity contribution in [1.29, 1.82) is 0 Å². The molecule has 0 fully saturated rings. The SMILES string of the molecule is CC(C)C(CCN)NS(=O)(=O)c1cccc(C(F)(F)F)c1. The summed E-state index contributed by atoms with van der Waals surface area (Å²) < 4.78 is 64.7. The normalized spacial score (nSPS) is 14.4. The number of rotatable bonds is 6. The number of halogens is 3. The van der Waals surface area contributed by atoms with Gasteiger partial charge in [-0.2, -0.15) is 13.2 Å². The van der Waals surface area contributed by atoms with E-state index in [1.54, 1.807) is 0 Å². The monoisotopic (exact) mass is 324 g/mol. The Balaban J connectivity index is 3.08. The smallest absolute Gasteiger partial charge is 0.330 e. The lowest BCUT2D eigenvalue weighted by Crippen LogP contribution is -2.39. The standard InChI is InChI=1S/C13H19F3N2O2S/c1-9(2)12(6-7-17)18-21(19,20)11-5-3-4-10(8-11)13(14,15)16/h3-5,8-9,12,18H,6-7,17H2,1-2H3. The summed E-state index contributed by atoms with van der Waals surface area (Å²) in [6.45, 7) is 3.91. The Morgan fingerprint density at radius 1 is 1.29 bits per heavy atom. The summed E-state index contributed by atoms with van der Waals surface area (Å²) >= 11 is 0. The number of alkyl halides is 3. The third-order valence-corrected chi connectivity index (χ3v) is 4.55. The molecule has 0 aliphatic rings. The Kier molecular flexibility index (Phi) is 5.77. The largest absolute Gasteiger partial charge is 0.416 e. The highest BCUT2D eigenvalue weighted by molar-refractivity contribution is 7.89. The minimum atomic E-state index is -4.58. The third-order valence-electron chi connectivity index (χ3n) is 3.06. The molecule has 1 atom stereocenters. The van der Waals surface area contributed by atoms with Crippen LogP contribution in [0.4, 0.5) is 13.2 Å². The first kappa shape index (κ1) is 17.9. The second-order valence-electron chi connectivity index (χ2n) is 5.07. The van der Waals surface area contributed by atoms with Gasteiger partial charge in [0.05, 0.1) is 10.5 Å². The van der Waals surface area contributed by atoms with E-state index in [0.717, 1.165) is 18.2 Å². The highest BCUT2D eigenvalue weighted by Gasteiger charge is 2.32. The molecule has 0 spiro atoms. The van der Waals surface area contributed by atoms with E-state index in [4.69, 9.17) is 5.73 Å². The second kappa shape index (κ2) is 6.76. The van der Waals surface area contributed by atoms with Crippen molar-refractivity contribution in [2.45, 2.75) is 37.4 Å². The van der Waals surface area contributed by atoms with Crippen molar-refractivity contribution in [2.75, 3.05) is 6.54 Å². The molecule has 0 aliphatic carbocycles. The molecule has 0 saturated heterocycles. The number of sulfonamides is 1. The van der Waals surface area contributed by atoms with Gasteiger partial charge in [-0.3, -0.25) is 0 Å². The molecule has 0 amide bonds. The van der Waals surface area contributed by atoms with Crippen LogP contribution < -0.4 is 10.5 Å². The molecule has 1 rings (SSSR count). The van der Waals surface area contributed by atoms with Crippen LogP contribution >= 0.6 is 0 Å². The zero-order chi connectivity index (χ0) is 16.3. The third kappa shape index (κ3) is 4.98. The van der Waals surface area contributed by atoms with Crippen LogP contribution in [0.1, 0.15) is 25.8 Å². The quantitative estimate of drug-likeness (QED) is 0.844. The summed E-state index contributed by atoms with van der Waals surface area (Å²) in [6, 6.07) is 3.25. The number of hydrogen-bond acceptors (Lipinski definition) is 3. The van der Waals surface area contributed by atoms with Crippen LogP contribution in [0.2, 0.25) is 0 Å². The maximum Gasteiger partial charge on any atom is 0.416 e. The van der Waals surface area contributed by atoms with Crippen LogP contribution in [0.15, 0.2) is 29.2 Å². The van der Waals surface area contributed by atoms with Gasteiger partial charge in [0, 0.05) is 6.04 Å². The summed E-state index contributed by atoms with van der Waals surface area (Å²) in [6.07, 6.45) is -4.17. The van der Waals surface area contributed by atoms with Gasteiger partial charge in [-0.15, -0.1) is 0 Å². The minimum Gasteiger partial charge on any atom is -0.330 e. The fourth-order valence-electron chi connectivity index (χ4n) is 1.81. The van der Waals surface area contributed by atoms with Crippen molar-refractivity contribution >= 4 is 10.0 Å². The van der Waals surface area contributed by atoms with Crippen LogP contribution in [0.25, 0.3) is 0 Å². The molecule has 0 aliphatic heterocycles. The minimum absolute atomic E-state index is 0.0193. The Hall–Kier alpha value is -1.12. The average Bonchev–Trinajstić information content (AvgIpc) is 2.37. The molecule has 1 aromatic carbocycles. The van der Waals surface area contributed by atoms with Crippen molar-refractivity contribution < 1.29 is 21.6 Å². The van der Waals surface area contributed by atoms with Crippen LogP contribution in [-0.2, 0) is 16.2 Å². The van der Waals surface area contributed by atoms with Gasteiger partial charge in [-0.25, -0.2) is 13.1 Å². The fourth-order valence-corrected chi connectivity index (χ4v) is 3.28. The van der Waals surface area contributed by atoms with Gasteiger partial charge in [-0.05, 0) is 37.1 Å². The molecule has 0 bridgehead atoms. The van der Waals surface area contributed by atoms with Gasteiger partial charge in [0.25, 0.3) is 0 Å². The first-order valence-electron chi connectivity index (χ1n) is 6.47. The fraction of sp³-hybridized carbons (Fsp3) is 0.538. The molecule has 4 nitrogen and oxygen atoms in total. The van der Waals surface area contributed by atoms with Crippen molar-refractivity contribution in [2.24, 2.45) is 11.7 Å². The van der Waals surface area contributed by atoms with E-state index in [9.17, 15) is 21.6 Å². The lowest BCUT2D eigenvalue weighted by Gasteiger charge is -2.21. The van der Waals surface area contributed by atoms with Crippen LogP contribution in [0, 0.1) is 5.92 Å². The molecule has 8 heteroatoms. The Morgan fingerprint density at radius 2 is 1.90 bits per heavy atom. The van der Waals surface area contributed by atoms with Gasteiger partial charge in [0.1, 0.15) is 0 Å². The van der Waals surface area contributed by atoms with Gasteiger partial charge >= 0.3 is 6.18 Å². The van der Waals surface area contributed by atoms with E-state index in [1.807, 2.05) is 13.8 Å². The van der Waals surface area contributed by atoms with Crippen molar-refractivity contribution in [3.8, 4) is 0 Å². The lowest BCUT2D eigenvalue weighted by atomic mass is 10.0. The predicted octanol–water partition coefficient (Wildman–Crippen LogP) is 2.36. The van der Waals surface area contributed by atoms with Crippen molar-refractivity contribution in [1.82, 2.24) is 4.72 Å². The number of nitrogens with one attached hydrogen (secondary N) is 1. The number of benzene rings is 1. The molecular weight excluding hydrogens is 305 g/mol. The molecule has 1 unspecified atom stereocenters. The van der Waals surface area contributed by atoms with Crippen molar-refractivity contribution in [3.63, 3.8) is 0 Å². The zero-order valence-electron chi connectivity index (χ0n) is 11.8. The van der Waals surface area contributed by atoms with Gasteiger partial charge in [0.2, 0.25) is 10.0 Å². The molecule has 0 saturated carbocycles. The molecule has 0 heterocycles. The average molecular weight is 324 g/mol. The molecule has 3 N–H and O–H groups in total.